The Hall–Kier alpha value is -0.830. The van der Waals surface area contributed by atoms with Crippen LogP contribution in [0.1, 0.15) is 19.4 Å². The molecule has 0 aliphatic carbocycles. The van der Waals surface area contributed by atoms with E-state index in [9.17, 15) is 4.79 Å². The minimum Gasteiger partial charge on any atom is -0.493 e. The Balaban J connectivity index is 2.20. The van der Waals surface area contributed by atoms with E-state index in [1.54, 1.807) is 12.0 Å². The molecule has 1 aromatic carbocycles. The number of amides is 1. The number of halogens is 1. The van der Waals surface area contributed by atoms with Crippen molar-refractivity contribution in [3.63, 3.8) is 0 Å². The normalized spacial score (nSPS) is 17.3. The van der Waals surface area contributed by atoms with Gasteiger partial charge in [0.05, 0.1) is 36.1 Å². The summed E-state index contributed by atoms with van der Waals surface area (Å²) in [7, 11) is 1.61. The van der Waals surface area contributed by atoms with Gasteiger partial charge < -0.3 is 14.2 Å². The van der Waals surface area contributed by atoms with E-state index in [2.05, 4.69) is 15.9 Å². The Morgan fingerprint density at radius 1 is 1.24 bits per heavy atom. The Kier molecular flexibility index (Phi) is 7.99. The molecule has 1 aliphatic rings. The molecule has 1 aromatic rings. The van der Waals surface area contributed by atoms with Crippen LogP contribution in [0, 0.1) is 0 Å². The van der Waals surface area contributed by atoms with Crippen LogP contribution >= 0.6 is 39.9 Å². The molecular weight excluding hydrogens is 426 g/mol. The highest BCUT2D eigenvalue weighted by molar-refractivity contribution is 9.10. The van der Waals surface area contributed by atoms with Gasteiger partial charge in [-0.15, -0.1) is 0 Å². The van der Waals surface area contributed by atoms with Gasteiger partial charge in [0, 0.05) is 13.2 Å². The minimum absolute atomic E-state index is 0.0273. The van der Waals surface area contributed by atoms with E-state index in [1.165, 1.54) is 11.8 Å². The third kappa shape index (κ3) is 5.09. The number of nitrogens with zero attached hydrogens (tertiary/aromatic N) is 1. The van der Waals surface area contributed by atoms with Crippen LogP contribution in [-0.4, -0.2) is 53.9 Å². The molecule has 1 aliphatic heterocycles. The molecule has 2 rings (SSSR count). The van der Waals surface area contributed by atoms with Gasteiger partial charge in [-0.2, -0.15) is 0 Å². The molecule has 0 unspecified atom stereocenters. The van der Waals surface area contributed by atoms with Crippen molar-refractivity contribution in [3.8, 4) is 11.5 Å². The highest BCUT2D eigenvalue weighted by Crippen LogP contribution is 2.37. The molecule has 1 amide bonds. The largest absolute Gasteiger partial charge is 0.493 e. The number of rotatable bonds is 9. The zero-order valence-corrected chi connectivity index (χ0v) is 17.8. The molecule has 0 spiro atoms. The van der Waals surface area contributed by atoms with Crippen molar-refractivity contribution in [1.82, 2.24) is 4.90 Å². The lowest BCUT2D eigenvalue weighted by Crippen LogP contribution is -2.34. The Morgan fingerprint density at radius 3 is 2.56 bits per heavy atom. The van der Waals surface area contributed by atoms with Gasteiger partial charge in [0.1, 0.15) is 15.8 Å². The maximum Gasteiger partial charge on any atom is 0.242 e. The molecule has 8 heteroatoms. The van der Waals surface area contributed by atoms with Crippen LogP contribution in [0.2, 0.25) is 0 Å². The molecule has 0 aromatic heterocycles. The molecule has 0 bridgehead atoms. The monoisotopic (exact) mass is 447 g/mol. The minimum atomic E-state index is -0.242. The van der Waals surface area contributed by atoms with Gasteiger partial charge >= 0.3 is 0 Å². The predicted molar refractivity (Wildman–Crippen MR) is 108 cm³/mol. The van der Waals surface area contributed by atoms with E-state index in [4.69, 9.17) is 26.4 Å². The first kappa shape index (κ1) is 20.5. The molecule has 25 heavy (non-hydrogen) atoms. The zero-order valence-electron chi connectivity index (χ0n) is 14.5. The fourth-order valence-electron chi connectivity index (χ4n) is 2.50. The second kappa shape index (κ2) is 9.75. The summed E-state index contributed by atoms with van der Waals surface area (Å²) in [5, 5.41) is -0.242. The molecule has 1 heterocycles. The van der Waals surface area contributed by atoms with Gasteiger partial charge in [0.2, 0.25) is 5.91 Å². The topological polar surface area (TPSA) is 48.0 Å². The highest BCUT2D eigenvalue weighted by atomic mass is 79.9. The van der Waals surface area contributed by atoms with Crippen LogP contribution in [0.5, 0.6) is 11.5 Å². The lowest BCUT2D eigenvalue weighted by atomic mass is 10.1. The average Bonchev–Trinajstić information content (AvgIpc) is 2.84. The van der Waals surface area contributed by atoms with E-state index in [0.29, 0.717) is 37.1 Å². The van der Waals surface area contributed by atoms with Crippen LogP contribution in [0.4, 0.5) is 0 Å². The number of hydrogen-bond acceptors (Lipinski definition) is 6. The van der Waals surface area contributed by atoms with E-state index < -0.39 is 0 Å². The first-order valence-electron chi connectivity index (χ1n) is 8.10. The summed E-state index contributed by atoms with van der Waals surface area (Å²) in [4.78, 5) is 14.3. The SMILES string of the molecule is CCOc1cc(OCC)c(C[C@H]2SC(=S)N(CCOC)C2=O)cc1Br. The van der Waals surface area contributed by atoms with Crippen LogP contribution in [-0.2, 0) is 16.0 Å². The molecule has 1 saturated heterocycles. The number of methoxy groups -OCH3 is 1. The third-order valence-corrected chi connectivity index (χ3v) is 5.85. The van der Waals surface area contributed by atoms with Gasteiger partial charge in [-0.1, -0.05) is 24.0 Å². The van der Waals surface area contributed by atoms with Gasteiger partial charge in [0.25, 0.3) is 0 Å². The molecule has 0 N–H and O–H groups in total. The van der Waals surface area contributed by atoms with Crippen molar-refractivity contribution >= 4 is 50.1 Å². The van der Waals surface area contributed by atoms with E-state index in [0.717, 1.165) is 21.5 Å². The number of carbonyl (C=O) groups excluding carboxylic acids is 1. The van der Waals surface area contributed by atoms with E-state index in [-0.39, 0.29) is 11.2 Å². The van der Waals surface area contributed by atoms with Crippen LogP contribution in [0.15, 0.2) is 16.6 Å². The summed E-state index contributed by atoms with van der Waals surface area (Å²) >= 11 is 10.3. The van der Waals surface area contributed by atoms with Crippen molar-refractivity contribution in [1.29, 1.82) is 0 Å². The number of carbonyl (C=O) groups is 1. The summed E-state index contributed by atoms with van der Waals surface area (Å²) in [6.45, 7) is 5.95. The maximum absolute atomic E-state index is 12.6. The Bertz CT molecular complexity index is 641. The summed E-state index contributed by atoms with van der Waals surface area (Å²) in [6.07, 6.45) is 0.549. The van der Waals surface area contributed by atoms with Crippen molar-refractivity contribution < 1.29 is 19.0 Å². The zero-order chi connectivity index (χ0) is 18.4. The highest BCUT2D eigenvalue weighted by Gasteiger charge is 2.37. The standard InChI is InChI=1S/C17H22BrNO4S2/c1-4-22-13-10-14(23-5-2)12(18)8-11(13)9-15-16(20)19(6-7-21-3)17(24)25-15/h8,10,15H,4-7,9H2,1-3H3/t15-/m1/s1. The summed E-state index contributed by atoms with van der Waals surface area (Å²) in [5.41, 5.74) is 0.958. The summed E-state index contributed by atoms with van der Waals surface area (Å²) in [5.74, 6) is 1.50. The fourth-order valence-corrected chi connectivity index (χ4v) is 4.58. The number of ether oxygens (including phenoxy) is 3. The molecular formula is C17H22BrNO4S2. The summed E-state index contributed by atoms with van der Waals surface area (Å²) in [6, 6.07) is 3.84. The van der Waals surface area contributed by atoms with Crippen LogP contribution in [0.25, 0.3) is 0 Å². The quantitative estimate of drug-likeness (QED) is 0.538. The Morgan fingerprint density at radius 2 is 1.92 bits per heavy atom. The lowest BCUT2D eigenvalue weighted by Gasteiger charge is -2.17. The fraction of sp³-hybridized carbons (Fsp3) is 0.529. The first-order chi connectivity index (χ1) is 12.0. The molecule has 5 nitrogen and oxygen atoms in total. The number of hydrogen-bond donors (Lipinski definition) is 0. The second-order valence-corrected chi connectivity index (χ2v) is 8.01. The number of thiocarbonyl (C=S) groups is 1. The summed E-state index contributed by atoms with van der Waals surface area (Å²) < 4.78 is 17.9. The van der Waals surface area contributed by atoms with E-state index >= 15 is 0 Å². The molecule has 1 atom stereocenters. The van der Waals surface area contributed by atoms with Gasteiger partial charge in [-0.05, 0) is 47.8 Å². The van der Waals surface area contributed by atoms with Crippen molar-refractivity contribution in [2.75, 3.05) is 33.5 Å². The van der Waals surface area contributed by atoms with Crippen molar-refractivity contribution in [2.45, 2.75) is 25.5 Å². The van der Waals surface area contributed by atoms with Gasteiger partial charge in [0.15, 0.2) is 0 Å². The average molecular weight is 448 g/mol. The number of thioether (sulfide) groups is 1. The second-order valence-electron chi connectivity index (χ2n) is 5.32. The molecule has 0 radical (unpaired) electrons. The van der Waals surface area contributed by atoms with E-state index in [1.807, 2.05) is 26.0 Å². The van der Waals surface area contributed by atoms with Crippen LogP contribution in [0.3, 0.4) is 0 Å². The molecule has 0 saturated carbocycles. The molecule has 1 fully saturated rings. The Labute approximate surface area is 166 Å². The third-order valence-electron chi connectivity index (χ3n) is 3.64. The van der Waals surface area contributed by atoms with Gasteiger partial charge in [-0.25, -0.2) is 0 Å². The van der Waals surface area contributed by atoms with Crippen molar-refractivity contribution in [2.24, 2.45) is 0 Å². The predicted octanol–water partition coefficient (Wildman–Crippen LogP) is 3.66. The molecule has 138 valence electrons. The first-order valence-corrected chi connectivity index (χ1v) is 10.2. The van der Waals surface area contributed by atoms with Crippen molar-refractivity contribution in [3.05, 3.63) is 22.2 Å². The van der Waals surface area contributed by atoms with Crippen LogP contribution < -0.4 is 9.47 Å². The lowest BCUT2D eigenvalue weighted by molar-refractivity contribution is -0.126. The van der Waals surface area contributed by atoms with Gasteiger partial charge in [-0.3, -0.25) is 9.69 Å². The maximum atomic E-state index is 12.6. The number of benzene rings is 1. The smallest absolute Gasteiger partial charge is 0.242 e.